The van der Waals surface area contributed by atoms with Crippen LogP contribution < -0.4 is 11.1 Å². The highest BCUT2D eigenvalue weighted by Gasteiger charge is 2.33. The number of primary amides is 1. The van der Waals surface area contributed by atoms with Gasteiger partial charge in [-0.05, 0) is 13.8 Å². The number of carbonyl (C=O) groups is 2. The quantitative estimate of drug-likeness (QED) is 0.698. The molecule has 128 valence electrons. The maximum absolute atomic E-state index is 12.6. The molecule has 3 amide bonds. The van der Waals surface area contributed by atoms with E-state index in [0.29, 0.717) is 18.8 Å². The van der Waals surface area contributed by atoms with Crippen LogP contribution in [0.4, 0.5) is 4.79 Å². The molecule has 0 unspecified atom stereocenters. The zero-order valence-electron chi connectivity index (χ0n) is 12.9. The molecule has 1 aliphatic rings. The topological polar surface area (TPSA) is 139 Å². The van der Waals surface area contributed by atoms with Crippen molar-refractivity contribution in [2.75, 3.05) is 32.7 Å². The summed E-state index contributed by atoms with van der Waals surface area (Å²) in [4.78, 5) is 23.9. The fourth-order valence-electron chi connectivity index (χ4n) is 2.48. The molecule has 2 rings (SSSR count). The standard InChI is InChI=1S/C12H19N5O5S/c1-8-11(9(2)22-15-8)23(20,21)17-5-3-16(4-6-17)7-10(18)14-12(13)19/h3-7H2,1-2H3,(H3,13,14,18,19). The number of urea groups is 1. The van der Waals surface area contributed by atoms with Crippen LogP contribution in [0.1, 0.15) is 11.5 Å². The van der Waals surface area contributed by atoms with Gasteiger partial charge in [0.25, 0.3) is 0 Å². The van der Waals surface area contributed by atoms with E-state index < -0.39 is 22.0 Å². The van der Waals surface area contributed by atoms with Crippen LogP contribution in [0.5, 0.6) is 0 Å². The number of aromatic nitrogens is 1. The molecule has 1 saturated heterocycles. The fourth-order valence-corrected chi connectivity index (χ4v) is 4.19. The summed E-state index contributed by atoms with van der Waals surface area (Å²) in [7, 11) is -3.68. The van der Waals surface area contributed by atoms with E-state index in [1.54, 1.807) is 18.7 Å². The zero-order valence-corrected chi connectivity index (χ0v) is 13.7. The third-order valence-corrected chi connectivity index (χ3v) is 5.67. The van der Waals surface area contributed by atoms with Crippen molar-refractivity contribution in [2.24, 2.45) is 5.73 Å². The van der Waals surface area contributed by atoms with Crippen LogP contribution in [0.2, 0.25) is 0 Å². The van der Waals surface area contributed by atoms with E-state index >= 15 is 0 Å². The largest absolute Gasteiger partial charge is 0.360 e. The minimum absolute atomic E-state index is 0.0118. The minimum Gasteiger partial charge on any atom is -0.360 e. The predicted molar refractivity (Wildman–Crippen MR) is 78.9 cm³/mol. The fraction of sp³-hybridized carbons (Fsp3) is 0.583. The highest BCUT2D eigenvalue weighted by molar-refractivity contribution is 7.89. The molecule has 0 spiro atoms. The number of imide groups is 1. The first kappa shape index (κ1) is 17.4. The number of hydrogen-bond donors (Lipinski definition) is 2. The van der Waals surface area contributed by atoms with Crippen molar-refractivity contribution in [3.63, 3.8) is 0 Å². The van der Waals surface area contributed by atoms with Gasteiger partial charge in [0.1, 0.15) is 10.6 Å². The molecule has 2 heterocycles. The molecule has 0 saturated carbocycles. The smallest absolute Gasteiger partial charge is 0.318 e. The van der Waals surface area contributed by atoms with Crippen molar-refractivity contribution in [3.8, 4) is 0 Å². The monoisotopic (exact) mass is 345 g/mol. The highest BCUT2D eigenvalue weighted by atomic mass is 32.2. The molecule has 0 atom stereocenters. The van der Waals surface area contributed by atoms with Crippen molar-refractivity contribution in [3.05, 3.63) is 11.5 Å². The number of carbonyl (C=O) groups excluding carboxylic acids is 2. The van der Waals surface area contributed by atoms with Gasteiger partial charge < -0.3 is 10.3 Å². The molecule has 0 bridgehead atoms. The van der Waals surface area contributed by atoms with E-state index in [0.717, 1.165) is 0 Å². The average molecular weight is 345 g/mol. The summed E-state index contributed by atoms with van der Waals surface area (Å²) in [5, 5.41) is 5.65. The highest BCUT2D eigenvalue weighted by Crippen LogP contribution is 2.24. The summed E-state index contributed by atoms with van der Waals surface area (Å²) < 4.78 is 31.5. The SMILES string of the molecule is Cc1noc(C)c1S(=O)(=O)N1CCN(CC(=O)NC(N)=O)CC1. The van der Waals surface area contributed by atoms with Crippen LogP contribution in [-0.4, -0.2) is 67.4 Å². The number of nitrogens with one attached hydrogen (secondary N) is 1. The Morgan fingerprint density at radius 1 is 1.26 bits per heavy atom. The summed E-state index contributed by atoms with van der Waals surface area (Å²) in [6.45, 7) is 4.32. The van der Waals surface area contributed by atoms with Gasteiger partial charge in [-0.15, -0.1) is 0 Å². The number of sulfonamides is 1. The second-order valence-corrected chi connectivity index (χ2v) is 7.12. The first-order valence-electron chi connectivity index (χ1n) is 6.96. The van der Waals surface area contributed by atoms with Crippen LogP contribution in [0.25, 0.3) is 0 Å². The minimum atomic E-state index is -3.68. The number of aryl methyl sites for hydroxylation is 2. The van der Waals surface area contributed by atoms with Gasteiger partial charge in [-0.2, -0.15) is 4.31 Å². The van der Waals surface area contributed by atoms with E-state index in [1.807, 2.05) is 5.32 Å². The second-order valence-electron chi connectivity index (χ2n) is 5.25. The van der Waals surface area contributed by atoms with E-state index in [-0.39, 0.29) is 30.3 Å². The Labute approximate surface area is 133 Å². The molecular formula is C12H19N5O5S. The van der Waals surface area contributed by atoms with Crippen molar-refractivity contribution in [2.45, 2.75) is 18.7 Å². The second kappa shape index (κ2) is 6.64. The molecule has 3 N–H and O–H groups in total. The number of nitrogens with two attached hydrogens (primary N) is 1. The molecule has 0 radical (unpaired) electrons. The van der Waals surface area contributed by atoms with Crippen LogP contribution in [0.3, 0.4) is 0 Å². The van der Waals surface area contributed by atoms with E-state index in [9.17, 15) is 18.0 Å². The molecular weight excluding hydrogens is 326 g/mol. The third-order valence-electron chi connectivity index (χ3n) is 3.53. The van der Waals surface area contributed by atoms with Crippen LogP contribution in [-0.2, 0) is 14.8 Å². The number of nitrogens with zero attached hydrogens (tertiary/aromatic N) is 3. The Bertz CT molecular complexity index is 686. The Hall–Kier alpha value is -1.98. The molecule has 1 fully saturated rings. The lowest BCUT2D eigenvalue weighted by Crippen LogP contribution is -2.51. The molecule has 1 aromatic heterocycles. The van der Waals surface area contributed by atoms with Gasteiger partial charge in [0.15, 0.2) is 5.76 Å². The van der Waals surface area contributed by atoms with Gasteiger partial charge in [-0.3, -0.25) is 15.0 Å². The van der Waals surface area contributed by atoms with Crippen LogP contribution in [0.15, 0.2) is 9.42 Å². The molecule has 0 aliphatic carbocycles. The third kappa shape index (κ3) is 3.86. The molecule has 10 nitrogen and oxygen atoms in total. The molecule has 23 heavy (non-hydrogen) atoms. The number of rotatable bonds is 4. The molecule has 11 heteroatoms. The van der Waals surface area contributed by atoms with Crippen LogP contribution in [0, 0.1) is 13.8 Å². The van der Waals surface area contributed by atoms with Crippen LogP contribution >= 0.6 is 0 Å². The first-order chi connectivity index (χ1) is 10.7. The van der Waals surface area contributed by atoms with Gasteiger partial charge in [0.05, 0.1) is 6.54 Å². The van der Waals surface area contributed by atoms with E-state index in [1.165, 1.54) is 4.31 Å². The summed E-state index contributed by atoms with van der Waals surface area (Å²) in [5.74, 6) is -0.259. The lowest BCUT2D eigenvalue weighted by atomic mass is 10.3. The lowest BCUT2D eigenvalue weighted by molar-refractivity contribution is -0.121. The Balaban J connectivity index is 1.99. The predicted octanol–water partition coefficient (Wildman–Crippen LogP) is -1.21. The molecule has 1 aliphatic heterocycles. The summed E-state index contributed by atoms with van der Waals surface area (Å²) >= 11 is 0. The van der Waals surface area contributed by atoms with Gasteiger partial charge in [0.2, 0.25) is 15.9 Å². The van der Waals surface area contributed by atoms with Gasteiger partial charge in [0, 0.05) is 26.2 Å². The van der Waals surface area contributed by atoms with E-state index in [2.05, 4.69) is 5.16 Å². The number of piperazine rings is 1. The van der Waals surface area contributed by atoms with Gasteiger partial charge in [-0.25, -0.2) is 13.2 Å². The van der Waals surface area contributed by atoms with Crippen molar-refractivity contribution < 1.29 is 22.5 Å². The zero-order chi connectivity index (χ0) is 17.2. The summed E-state index contributed by atoms with van der Waals surface area (Å²) in [6, 6.07) is -0.908. The average Bonchev–Trinajstić information content (AvgIpc) is 2.78. The maximum Gasteiger partial charge on any atom is 0.318 e. The Morgan fingerprint density at radius 3 is 2.35 bits per heavy atom. The molecule has 0 aromatic carbocycles. The summed E-state index contributed by atoms with van der Waals surface area (Å²) in [6.07, 6.45) is 0. The summed E-state index contributed by atoms with van der Waals surface area (Å²) in [5.41, 5.74) is 5.19. The number of amides is 3. The Kier molecular flexibility index (Phi) is 5.02. The Morgan fingerprint density at radius 2 is 1.87 bits per heavy atom. The molecule has 1 aromatic rings. The lowest BCUT2D eigenvalue weighted by Gasteiger charge is -2.33. The normalized spacial score (nSPS) is 17.1. The van der Waals surface area contributed by atoms with Crippen molar-refractivity contribution in [1.82, 2.24) is 19.7 Å². The first-order valence-corrected chi connectivity index (χ1v) is 8.40. The number of hydrogen-bond acceptors (Lipinski definition) is 7. The van der Waals surface area contributed by atoms with Crippen molar-refractivity contribution >= 4 is 22.0 Å². The van der Waals surface area contributed by atoms with Gasteiger partial charge >= 0.3 is 6.03 Å². The van der Waals surface area contributed by atoms with Gasteiger partial charge in [-0.1, -0.05) is 5.16 Å². The van der Waals surface area contributed by atoms with Crippen molar-refractivity contribution in [1.29, 1.82) is 0 Å². The van der Waals surface area contributed by atoms with E-state index in [4.69, 9.17) is 10.3 Å². The maximum atomic E-state index is 12.6.